The SMILES string of the molecule is CC.CC(C)C1CCCN1C. The van der Waals surface area contributed by atoms with Gasteiger partial charge in [0.05, 0.1) is 0 Å². The standard InChI is InChI=1S/C8H17N.C2H6/c1-7(2)8-5-4-6-9(8)3;1-2/h7-8H,4-6H2,1-3H3;1-2H3. The largest absolute Gasteiger partial charge is 0.303 e. The third-order valence-corrected chi connectivity index (χ3v) is 2.35. The molecule has 0 spiro atoms. The van der Waals surface area contributed by atoms with Gasteiger partial charge in [-0.1, -0.05) is 27.7 Å². The van der Waals surface area contributed by atoms with Crippen molar-refractivity contribution in [3.05, 3.63) is 0 Å². The van der Waals surface area contributed by atoms with E-state index in [1.165, 1.54) is 19.4 Å². The van der Waals surface area contributed by atoms with E-state index in [4.69, 9.17) is 0 Å². The Bertz CT molecular complexity index is 88.9. The van der Waals surface area contributed by atoms with Gasteiger partial charge in [0, 0.05) is 6.04 Å². The molecule has 1 fully saturated rings. The quantitative estimate of drug-likeness (QED) is 0.565. The maximum absolute atomic E-state index is 2.48. The second-order valence-electron chi connectivity index (χ2n) is 3.43. The molecular weight excluding hydrogens is 134 g/mol. The molecule has 0 N–H and O–H groups in total. The number of likely N-dealkylation sites (tertiary alicyclic amines) is 1. The van der Waals surface area contributed by atoms with Crippen LogP contribution >= 0.6 is 0 Å². The predicted molar refractivity (Wildman–Crippen MR) is 51.8 cm³/mol. The fraction of sp³-hybridized carbons (Fsp3) is 1.00. The molecule has 1 saturated heterocycles. The van der Waals surface area contributed by atoms with Gasteiger partial charge in [-0.3, -0.25) is 0 Å². The molecule has 1 rings (SSSR count). The van der Waals surface area contributed by atoms with E-state index in [2.05, 4.69) is 25.8 Å². The van der Waals surface area contributed by atoms with Gasteiger partial charge < -0.3 is 4.90 Å². The van der Waals surface area contributed by atoms with E-state index in [0.717, 1.165) is 12.0 Å². The number of rotatable bonds is 1. The highest BCUT2D eigenvalue weighted by atomic mass is 15.1. The van der Waals surface area contributed by atoms with Crippen molar-refractivity contribution in [1.82, 2.24) is 4.90 Å². The van der Waals surface area contributed by atoms with Crippen molar-refractivity contribution in [3.8, 4) is 0 Å². The zero-order chi connectivity index (χ0) is 8.85. The summed E-state index contributed by atoms with van der Waals surface area (Å²) in [6, 6.07) is 0.866. The van der Waals surface area contributed by atoms with Crippen LogP contribution in [0.2, 0.25) is 0 Å². The Hall–Kier alpha value is -0.0400. The zero-order valence-electron chi connectivity index (χ0n) is 8.72. The Morgan fingerprint density at radius 1 is 1.27 bits per heavy atom. The highest BCUT2D eigenvalue weighted by molar-refractivity contribution is 4.78. The van der Waals surface area contributed by atoms with Crippen LogP contribution in [0.15, 0.2) is 0 Å². The van der Waals surface area contributed by atoms with Crippen LogP contribution in [0.1, 0.15) is 40.5 Å². The fourth-order valence-electron chi connectivity index (χ4n) is 1.78. The summed E-state index contributed by atoms with van der Waals surface area (Å²) in [5.41, 5.74) is 0. The minimum atomic E-state index is 0.845. The Balaban J connectivity index is 0.000000461. The lowest BCUT2D eigenvalue weighted by Crippen LogP contribution is -2.29. The van der Waals surface area contributed by atoms with Gasteiger partial charge in [0.2, 0.25) is 0 Å². The average Bonchev–Trinajstić information content (AvgIpc) is 2.39. The lowest BCUT2D eigenvalue weighted by Gasteiger charge is -2.22. The molecule has 0 bridgehead atoms. The third-order valence-electron chi connectivity index (χ3n) is 2.35. The van der Waals surface area contributed by atoms with Crippen molar-refractivity contribution >= 4 is 0 Å². The van der Waals surface area contributed by atoms with E-state index in [0.29, 0.717) is 0 Å². The molecule has 1 heterocycles. The van der Waals surface area contributed by atoms with Crippen LogP contribution in [-0.2, 0) is 0 Å². The molecule has 1 aliphatic rings. The van der Waals surface area contributed by atoms with Gasteiger partial charge in [-0.15, -0.1) is 0 Å². The second kappa shape index (κ2) is 5.59. The van der Waals surface area contributed by atoms with Crippen molar-refractivity contribution in [2.75, 3.05) is 13.6 Å². The maximum Gasteiger partial charge on any atom is 0.0116 e. The van der Waals surface area contributed by atoms with Crippen molar-refractivity contribution in [2.45, 2.75) is 46.6 Å². The molecule has 68 valence electrons. The molecule has 1 unspecified atom stereocenters. The predicted octanol–water partition coefficient (Wildman–Crippen LogP) is 2.76. The first-order chi connectivity index (χ1) is 5.22. The number of hydrogen-bond donors (Lipinski definition) is 0. The van der Waals surface area contributed by atoms with Crippen LogP contribution in [0, 0.1) is 5.92 Å². The first-order valence-corrected chi connectivity index (χ1v) is 4.92. The maximum atomic E-state index is 2.48. The van der Waals surface area contributed by atoms with Gasteiger partial charge >= 0.3 is 0 Å². The van der Waals surface area contributed by atoms with E-state index in [-0.39, 0.29) is 0 Å². The normalized spacial score (nSPS) is 25.1. The van der Waals surface area contributed by atoms with Gasteiger partial charge in [-0.2, -0.15) is 0 Å². The van der Waals surface area contributed by atoms with Crippen LogP contribution in [0.25, 0.3) is 0 Å². The fourth-order valence-corrected chi connectivity index (χ4v) is 1.78. The van der Waals surface area contributed by atoms with Crippen LogP contribution in [0.4, 0.5) is 0 Å². The zero-order valence-corrected chi connectivity index (χ0v) is 8.72. The van der Waals surface area contributed by atoms with Crippen LogP contribution in [-0.4, -0.2) is 24.5 Å². The summed E-state index contributed by atoms with van der Waals surface area (Å²) in [6.45, 7) is 9.93. The lowest BCUT2D eigenvalue weighted by atomic mass is 10.0. The number of hydrogen-bond acceptors (Lipinski definition) is 1. The van der Waals surface area contributed by atoms with Crippen LogP contribution in [0.5, 0.6) is 0 Å². The minimum absolute atomic E-state index is 0.845. The highest BCUT2D eigenvalue weighted by Crippen LogP contribution is 2.20. The summed E-state index contributed by atoms with van der Waals surface area (Å²) in [4.78, 5) is 2.48. The first-order valence-electron chi connectivity index (χ1n) is 4.92. The minimum Gasteiger partial charge on any atom is -0.303 e. The Morgan fingerprint density at radius 2 is 1.82 bits per heavy atom. The van der Waals surface area contributed by atoms with Crippen molar-refractivity contribution in [3.63, 3.8) is 0 Å². The van der Waals surface area contributed by atoms with E-state index in [9.17, 15) is 0 Å². The molecule has 1 aliphatic heterocycles. The van der Waals surface area contributed by atoms with E-state index >= 15 is 0 Å². The molecule has 0 amide bonds. The molecule has 0 saturated carbocycles. The van der Waals surface area contributed by atoms with Crippen LogP contribution < -0.4 is 0 Å². The van der Waals surface area contributed by atoms with Crippen molar-refractivity contribution in [1.29, 1.82) is 0 Å². The third kappa shape index (κ3) is 3.24. The molecule has 1 atom stereocenters. The summed E-state index contributed by atoms with van der Waals surface area (Å²) in [5, 5.41) is 0. The van der Waals surface area contributed by atoms with Crippen molar-refractivity contribution in [2.24, 2.45) is 5.92 Å². The van der Waals surface area contributed by atoms with Gasteiger partial charge in [-0.25, -0.2) is 0 Å². The van der Waals surface area contributed by atoms with Gasteiger partial charge in [0.15, 0.2) is 0 Å². The summed E-state index contributed by atoms with van der Waals surface area (Å²) in [5.74, 6) is 0.845. The summed E-state index contributed by atoms with van der Waals surface area (Å²) in [7, 11) is 2.23. The average molecular weight is 157 g/mol. The molecule has 1 heteroatoms. The summed E-state index contributed by atoms with van der Waals surface area (Å²) < 4.78 is 0. The first kappa shape index (κ1) is 11.0. The molecule has 0 aromatic heterocycles. The lowest BCUT2D eigenvalue weighted by molar-refractivity contribution is 0.250. The number of nitrogens with zero attached hydrogens (tertiary/aromatic N) is 1. The summed E-state index contributed by atoms with van der Waals surface area (Å²) >= 11 is 0. The molecular formula is C10H23N. The van der Waals surface area contributed by atoms with Gasteiger partial charge in [0.25, 0.3) is 0 Å². The van der Waals surface area contributed by atoms with Gasteiger partial charge in [-0.05, 0) is 32.4 Å². The Morgan fingerprint density at radius 3 is 2.00 bits per heavy atom. The smallest absolute Gasteiger partial charge is 0.0116 e. The molecule has 0 aromatic rings. The highest BCUT2D eigenvalue weighted by Gasteiger charge is 2.22. The second-order valence-corrected chi connectivity index (χ2v) is 3.43. The van der Waals surface area contributed by atoms with E-state index in [1.807, 2.05) is 13.8 Å². The molecule has 11 heavy (non-hydrogen) atoms. The van der Waals surface area contributed by atoms with E-state index < -0.39 is 0 Å². The topological polar surface area (TPSA) is 3.24 Å². The van der Waals surface area contributed by atoms with Crippen molar-refractivity contribution < 1.29 is 0 Å². The molecule has 0 aliphatic carbocycles. The molecule has 0 aromatic carbocycles. The van der Waals surface area contributed by atoms with Gasteiger partial charge in [0.1, 0.15) is 0 Å². The Labute approximate surface area is 71.8 Å². The summed E-state index contributed by atoms with van der Waals surface area (Å²) in [6.07, 6.45) is 2.81. The van der Waals surface area contributed by atoms with E-state index in [1.54, 1.807) is 0 Å². The Kier molecular flexibility index (Phi) is 5.57. The van der Waals surface area contributed by atoms with Crippen LogP contribution in [0.3, 0.4) is 0 Å². The monoisotopic (exact) mass is 157 g/mol. The molecule has 1 nitrogen and oxygen atoms in total. The molecule has 0 radical (unpaired) electrons.